The predicted molar refractivity (Wildman–Crippen MR) is 116 cm³/mol. The molecule has 0 N–H and O–H groups in total. The Labute approximate surface area is 174 Å². The number of hydrogen-bond donors (Lipinski definition) is 0. The minimum atomic E-state index is -0.788. The Morgan fingerprint density at radius 2 is 1.73 bits per heavy atom. The van der Waals surface area contributed by atoms with Crippen LogP contribution in [0.25, 0.3) is 5.69 Å². The Kier molecular flexibility index (Phi) is 6.64. The minimum Gasteiger partial charge on any atom is -0.492 e. The Morgan fingerprint density at radius 1 is 1.03 bits per heavy atom. The van der Waals surface area contributed by atoms with Crippen molar-refractivity contribution in [3.8, 4) is 11.4 Å². The molecule has 0 unspecified atom stereocenters. The van der Waals surface area contributed by atoms with Crippen LogP contribution in [0.4, 0.5) is 5.69 Å². The fourth-order valence-electron chi connectivity index (χ4n) is 3.08. The fourth-order valence-corrected chi connectivity index (χ4v) is 3.08. The topological polar surface area (TPSA) is 73.5 Å². The van der Waals surface area contributed by atoms with Gasteiger partial charge in [0.1, 0.15) is 12.3 Å². The molecule has 1 amide bonds. The average Bonchev–Trinajstić information content (AvgIpc) is 2.77. The second-order valence-corrected chi connectivity index (χ2v) is 6.44. The summed E-state index contributed by atoms with van der Waals surface area (Å²) >= 11 is 0. The largest absolute Gasteiger partial charge is 0.492 e. The number of amides is 1. The molecule has 0 aliphatic rings. The summed E-state index contributed by atoms with van der Waals surface area (Å²) in [7, 11) is 0. The SMILES string of the molecule is C=CCN(C(=O)Cn1ccn(-c2ccccc2OCC)c(=O)c1=O)c1ccccc1. The van der Waals surface area contributed by atoms with Crippen LogP contribution in [0.3, 0.4) is 0 Å². The third-order valence-electron chi connectivity index (χ3n) is 4.47. The first-order chi connectivity index (χ1) is 14.6. The molecule has 7 heteroatoms. The van der Waals surface area contributed by atoms with Gasteiger partial charge in [-0.25, -0.2) is 0 Å². The normalized spacial score (nSPS) is 10.4. The van der Waals surface area contributed by atoms with E-state index in [2.05, 4.69) is 6.58 Å². The molecule has 3 rings (SSSR count). The Hall–Kier alpha value is -3.87. The number of nitrogens with zero attached hydrogens (tertiary/aromatic N) is 3. The van der Waals surface area contributed by atoms with Crippen LogP contribution in [0.15, 0.2) is 89.2 Å². The number of hydrogen-bond acceptors (Lipinski definition) is 4. The number of rotatable bonds is 8. The summed E-state index contributed by atoms with van der Waals surface area (Å²) in [4.78, 5) is 39.8. The lowest BCUT2D eigenvalue weighted by Crippen LogP contribution is -2.43. The number of carbonyl (C=O) groups excluding carboxylic acids is 1. The third-order valence-corrected chi connectivity index (χ3v) is 4.47. The van der Waals surface area contributed by atoms with Crippen molar-refractivity contribution in [2.45, 2.75) is 13.5 Å². The molecule has 1 heterocycles. The van der Waals surface area contributed by atoms with Crippen molar-refractivity contribution in [2.75, 3.05) is 18.1 Å². The zero-order chi connectivity index (χ0) is 21.5. The fraction of sp³-hybridized carbons (Fsp3) is 0.174. The van der Waals surface area contributed by atoms with Gasteiger partial charge >= 0.3 is 11.1 Å². The van der Waals surface area contributed by atoms with Crippen LogP contribution < -0.4 is 20.8 Å². The smallest absolute Gasteiger partial charge is 0.321 e. The Balaban J connectivity index is 1.93. The first kappa shape index (κ1) is 20.9. The second kappa shape index (κ2) is 9.56. The molecular formula is C23H23N3O4. The molecule has 30 heavy (non-hydrogen) atoms. The molecule has 0 fully saturated rings. The van der Waals surface area contributed by atoms with Crippen LogP contribution in [0.1, 0.15) is 6.92 Å². The lowest BCUT2D eigenvalue weighted by molar-refractivity contribution is -0.119. The maximum atomic E-state index is 12.9. The van der Waals surface area contributed by atoms with Crippen molar-refractivity contribution in [3.63, 3.8) is 0 Å². The first-order valence-electron chi connectivity index (χ1n) is 9.57. The van der Waals surface area contributed by atoms with Crippen LogP contribution >= 0.6 is 0 Å². The van der Waals surface area contributed by atoms with Gasteiger partial charge in [0.05, 0.1) is 12.3 Å². The van der Waals surface area contributed by atoms with E-state index < -0.39 is 11.1 Å². The molecule has 2 aromatic carbocycles. The number of benzene rings is 2. The lowest BCUT2D eigenvalue weighted by atomic mass is 10.2. The maximum Gasteiger partial charge on any atom is 0.321 e. The van der Waals surface area contributed by atoms with Gasteiger partial charge in [0, 0.05) is 24.6 Å². The number of para-hydroxylation sites is 3. The molecule has 0 radical (unpaired) electrons. The number of carbonyl (C=O) groups is 1. The van der Waals surface area contributed by atoms with Gasteiger partial charge in [0.15, 0.2) is 0 Å². The van der Waals surface area contributed by atoms with E-state index in [1.807, 2.05) is 25.1 Å². The number of aromatic nitrogens is 2. The second-order valence-electron chi connectivity index (χ2n) is 6.44. The zero-order valence-corrected chi connectivity index (χ0v) is 16.7. The molecule has 0 aliphatic carbocycles. The van der Waals surface area contributed by atoms with E-state index in [9.17, 15) is 14.4 Å². The van der Waals surface area contributed by atoms with Crippen molar-refractivity contribution in [2.24, 2.45) is 0 Å². The zero-order valence-electron chi connectivity index (χ0n) is 16.7. The van der Waals surface area contributed by atoms with E-state index in [4.69, 9.17) is 4.74 Å². The van der Waals surface area contributed by atoms with E-state index in [1.165, 1.54) is 21.9 Å². The van der Waals surface area contributed by atoms with Gasteiger partial charge < -0.3 is 9.64 Å². The highest BCUT2D eigenvalue weighted by molar-refractivity contribution is 5.93. The molecule has 1 aromatic heterocycles. The van der Waals surface area contributed by atoms with E-state index in [-0.39, 0.29) is 19.0 Å². The summed E-state index contributed by atoms with van der Waals surface area (Å²) in [5, 5.41) is 0. The van der Waals surface area contributed by atoms with Crippen molar-refractivity contribution in [1.29, 1.82) is 0 Å². The maximum absolute atomic E-state index is 12.9. The summed E-state index contributed by atoms with van der Waals surface area (Å²) < 4.78 is 7.89. The van der Waals surface area contributed by atoms with E-state index in [0.717, 1.165) is 4.57 Å². The van der Waals surface area contributed by atoms with Gasteiger partial charge in [-0.05, 0) is 31.2 Å². The quantitative estimate of drug-likeness (QED) is 0.427. The summed E-state index contributed by atoms with van der Waals surface area (Å²) in [6.45, 7) is 5.98. The van der Waals surface area contributed by atoms with Gasteiger partial charge in [-0.3, -0.25) is 23.5 Å². The van der Waals surface area contributed by atoms with Crippen LogP contribution in [-0.4, -0.2) is 28.2 Å². The molecule has 0 saturated heterocycles. The highest BCUT2D eigenvalue weighted by Gasteiger charge is 2.17. The summed E-state index contributed by atoms with van der Waals surface area (Å²) in [5.41, 5.74) is -0.386. The van der Waals surface area contributed by atoms with Crippen LogP contribution in [0.2, 0.25) is 0 Å². The molecule has 3 aromatic rings. The van der Waals surface area contributed by atoms with Crippen LogP contribution in [0, 0.1) is 0 Å². The van der Waals surface area contributed by atoms with Crippen molar-refractivity contribution in [3.05, 3.63) is 100 Å². The van der Waals surface area contributed by atoms with E-state index in [0.29, 0.717) is 23.7 Å². The molecule has 7 nitrogen and oxygen atoms in total. The summed E-state index contributed by atoms with van der Waals surface area (Å²) in [6, 6.07) is 16.1. The molecule has 154 valence electrons. The highest BCUT2D eigenvalue weighted by atomic mass is 16.5. The van der Waals surface area contributed by atoms with Gasteiger partial charge in [0.2, 0.25) is 5.91 Å². The minimum absolute atomic E-state index is 0.259. The molecule has 0 bridgehead atoms. The molecular weight excluding hydrogens is 382 g/mol. The van der Waals surface area contributed by atoms with E-state index >= 15 is 0 Å². The van der Waals surface area contributed by atoms with Crippen molar-refractivity contribution < 1.29 is 9.53 Å². The standard InChI is InChI=1S/C23H23N3O4/c1-3-14-25(18-10-6-5-7-11-18)21(27)17-24-15-16-26(23(29)22(24)28)19-12-8-9-13-20(19)30-4-2/h3,5-13,15-16H,1,4,14,17H2,2H3. The van der Waals surface area contributed by atoms with Crippen molar-refractivity contribution in [1.82, 2.24) is 9.13 Å². The Morgan fingerprint density at radius 3 is 2.43 bits per heavy atom. The molecule has 0 atom stereocenters. The number of anilines is 1. The van der Waals surface area contributed by atoms with Gasteiger partial charge in [-0.2, -0.15) is 0 Å². The van der Waals surface area contributed by atoms with Gasteiger partial charge in [-0.15, -0.1) is 6.58 Å². The van der Waals surface area contributed by atoms with E-state index in [1.54, 1.807) is 42.5 Å². The molecule has 0 aliphatic heterocycles. The molecule has 0 saturated carbocycles. The monoisotopic (exact) mass is 405 g/mol. The van der Waals surface area contributed by atoms with Crippen LogP contribution in [-0.2, 0) is 11.3 Å². The highest BCUT2D eigenvalue weighted by Crippen LogP contribution is 2.20. The van der Waals surface area contributed by atoms with Gasteiger partial charge in [0.25, 0.3) is 0 Å². The number of ether oxygens (including phenoxy) is 1. The van der Waals surface area contributed by atoms with Crippen molar-refractivity contribution >= 4 is 11.6 Å². The Bertz CT molecular complexity index is 1150. The third kappa shape index (κ3) is 4.41. The van der Waals surface area contributed by atoms with Crippen LogP contribution in [0.5, 0.6) is 5.75 Å². The molecule has 0 spiro atoms. The summed E-state index contributed by atoms with van der Waals surface area (Å²) in [6.07, 6.45) is 4.51. The lowest BCUT2D eigenvalue weighted by Gasteiger charge is -2.21. The summed E-state index contributed by atoms with van der Waals surface area (Å²) in [5.74, 6) is 0.173. The first-order valence-corrected chi connectivity index (χ1v) is 9.57. The average molecular weight is 405 g/mol. The van der Waals surface area contributed by atoms with Gasteiger partial charge in [-0.1, -0.05) is 36.4 Å². The predicted octanol–water partition coefficient (Wildman–Crippen LogP) is 2.62.